The summed E-state index contributed by atoms with van der Waals surface area (Å²) in [6.07, 6.45) is 1.55. The summed E-state index contributed by atoms with van der Waals surface area (Å²) >= 11 is 0. The summed E-state index contributed by atoms with van der Waals surface area (Å²) in [6, 6.07) is 1.79. The van der Waals surface area contributed by atoms with Crippen LogP contribution in [-0.4, -0.2) is 40.0 Å². The molecule has 1 fully saturated rings. The average Bonchev–Trinajstić information content (AvgIpc) is 2.25. The van der Waals surface area contributed by atoms with E-state index in [2.05, 4.69) is 9.97 Å². The van der Waals surface area contributed by atoms with Crippen molar-refractivity contribution >= 4 is 5.91 Å². The summed E-state index contributed by atoms with van der Waals surface area (Å²) in [7, 11) is 0. The predicted molar refractivity (Wildman–Crippen MR) is 64.8 cm³/mol. The lowest BCUT2D eigenvalue weighted by atomic mass is 10.2. The number of aromatic nitrogens is 2. The minimum absolute atomic E-state index is 0.0724. The quantitative estimate of drug-likeness (QED) is 0.780. The molecular weight excluding hydrogens is 218 g/mol. The number of hydrogen-bond acceptors (Lipinski definition) is 4. The predicted octanol–water partition coefficient (Wildman–Crippen LogP) is 1.42. The van der Waals surface area contributed by atoms with Gasteiger partial charge in [0.15, 0.2) is 0 Å². The van der Waals surface area contributed by atoms with Crippen molar-refractivity contribution in [3.8, 4) is 5.88 Å². The van der Waals surface area contributed by atoms with Crippen molar-refractivity contribution in [3.05, 3.63) is 18.1 Å². The highest BCUT2D eigenvalue weighted by atomic mass is 16.5. The van der Waals surface area contributed by atoms with E-state index in [-0.39, 0.29) is 12.0 Å². The van der Waals surface area contributed by atoms with Gasteiger partial charge in [0, 0.05) is 18.7 Å². The molecular formula is C12H19N3O2. The van der Waals surface area contributed by atoms with Gasteiger partial charge in [-0.2, -0.15) is 0 Å². The van der Waals surface area contributed by atoms with Gasteiger partial charge < -0.3 is 9.64 Å². The molecule has 0 saturated carbocycles. The van der Waals surface area contributed by atoms with Crippen molar-refractivity contribution < 1.29 is 9.53 Å². The third kappa shape index (κ3) is 3.69. The van der Waals surface area contributed by atoms with Gasteiger partial charge in [-0.15, -0.1) is 0 Å². The Morgan fingerprint density at radius 3 is 2.59 bits per heavy atom. The highest BCUT2D eigenvalue weighted by Gasteiger charge is 2.30. The molecule has 17 heavy (non-hydrogen) atoms. The number of hydrogen-bond donors (Lipinski definition) is 0. The molecule has 0 unspecified atom stereocenters. The number of likely N-dealkylation sites (tertiary alicyclic amines) is 1. The summed E-state index contributed by atoms with van der Waals surface area (Å²) in [5.74, 6) is 0.671. The van der Waals surface area contributed by atoms with Crippen LogP contribution < -0.4 is 4.74 Å². The molecule has 0 atom stereocenters. The topological polar surface area (TPSA) is 55.3 Å². The summed E-state index contributed by atoms with van der Waals surface area (Å²) in [5.41, 5.74) is 0.878. The first-order valence-electron chi connectivity index (χ1n) is 5.86. The maximum atomic E-state index is 10.9. The fraction of sp³-hybridized carbons (Fsp3) is 0.583. The Kier molecular flexibility index (Phi) is 4.87. The van der Waals surface area contributed by atoms with Crippen LogP contribution >= 0.6 is 0 Å². The molecule has 0 bridgehead atoms. The second-order valence-electron chi connectivity index (χ2n) is 3.66. The minimum Gasteiger partial charge on any atom is -0.470 e. The number of ether oxygens (including phenoxy) is 1. The van der Waals surface area contributed by atoms with Crippen LogP contribution in [-0.2, 0) is 4.79 Å². The van der Waals surface area contributed by atoms with E-state index in [4.69, 9.17) is 4.74 Å². The van der Waals surface area contributed by atoms with Crippen molar-refractivity contribution in [2.24, 2.45) is 0 Å². The molecule has 0 N–H and O–H groups in total. The maximum absolute atomic E-state index is 10.9. The van der Waals surface area contributed by atoms with Crippen LogP contribution in [0.25, 0.3) is 0 Å². The molecule has 2 heterocycles. The molecule has 1 aliphatic rings. The van der Waals surface area contributed by atoms with Crippen LogP contribution in [0.4, 0.5) is 0 Å². The zero-order valence-corrected chi connectivity index (χ0v) is 10.8. The van der Waals surface area contributed by atoms with Crippen molar-refractivity contribution in [2.75, 3.05) is 13.1 Å². The second-order valence-corrected chi connectivity index (χ2v) is 3.66. The standard InChI is InChI=1S/C10H13N3O2.C2H6/c1-7-3-10(12-6-11-7)15-9-4-13(5-9)8(2)14;1-2/h3,6,9H,4-5H2,1-2H3;1-2H3. The van der Waals surface area contributed by atoms with E-state index >= 15 is 0 Å². The van der Waals surface area contributed by atoms with E-state index in [1.54, 1.807) is 17.9 Å². The molecule has 0 spiro atoms. The van der Waals surface area contributed by atoms with Crippen LogP contribution in [0.15, 0.2) is 12.4 Å². The van der Waals surface area contributed by atoms with E-state index in [0.717, 1.165) is 5.69 Å². The van der Waals surface area contributed by atoms with E-state index in [1.807, 2.05) is 20.8 Å². The minimum atomic E-state index is 0.0724. The Bertz CT molecular complexity index is 376. The number of amides is 1. The third-order valence-corrected chi connectivity index (χ3v) is 2.36. The Morgan fingerprint density at radius 2 is 2.06 bits per heavy atom. The van der Waals surface area contributed by atoms with Crippen molar-refractivity contribution in [1.29, 1.82) is 0 Å². The van der Waals surface area contributed by atoms with Gasteiger partial charge in [0.05, 0.1) is 13.1 Å². The molecule has 2 rings (SSSR count). The number of carbonyl (C=O) groups is 1. The highest BCUT2D eigenvalue weighted by Crippen LogP contribution is 2.15. The molecule has 1 saturated heterocycles. The van der Waals surface area contributed by atoms with E-state index in [0.29, 0.717) is 19.0 Å². The molecule has 5 nitrogen and oxygen atoms in total. The number of rotatable bonds is 2. The fourth-order valence-corrected chi connectivity index (χ4v) is 1.44. The molecule has 1 aromatic heterocycles. The van der Waals surface area contributed by atoms with Gasteiger partial charge in [-0.25, -0.2) is 9.97 Å². The van der Waals surface area contributed by atoms with Crippen LogP contribution in [0.2, 0.25) is 0 Å². The monoisotopic (exact) mass is 237 g/mol. The van der Waals surface area contributed by atoms with Gasteiger partial charge >= 0.3 is 0 Å². The van der Waals surface area contributed by atoms with Crippen molar-refractivity contribution in [3.63, 3.8) is 0 Å². The summed E-state index contributed by atoms with van der Waals surface area (Å²) < 4.78 is 5.57. The average molecular weight is 237 g/mol. The molecule has 94 valence electrons. The molecule has 1 aliphatic heterocycles. The van der Waals surface area contributed by atoms with E-state index in [1.165, 1.54) is 6.33 Å². The molecule has 0 aliphatic carbocycles. The van der Waals surface area contributed by atoms with Crippen molar-refractivity contribution in [2.45, 2.75) is 33.8 Å². The Hall–Kier alpha value is -1.65. The molecule has 5 heteroatoms. The highest BCUT2D eigenvalue weighted by molar-refractivity contribution is 5.74. The van der Waals surface area contributed by atoms with Crippen LogP contribution in [0.1, 0.15) is 26.5 Å². The van der Waals surface area contributed by atoms with Crippen molar-refractivity contribution in [1.82, 2.24) is 14.9 Å². The summed E-state index contributed by atoms with van der Waals surface area (Å²) in [4.78, 5) is 20.6. The SMILES string of the molecule is CC.CC(=O)N1CC(Oc2cc(C)ncn2)C1. The maximum Gasteiger partial charge on any atom is 0.219 e. The smallest absolute Gasteiger partial charge is 0.219 e. The summed E-state index contributed by atoms with van der Waals surface area (Å²) in [6.45, 7) is 8.75. The van der Waals surface area contributed by atoms with Gasteiger partial charge in [-0.3, -0.25) is 4.79 Å². The first kappa shape index (κ1) is 13.4. The zero-order valence-electron chi connectivity index (χ0n) is 10.8. The van der Waals surface area contributed by atoms with Gasteiger partial charge in [-0.1, -0.05) is 13.8 Å². The van der Waals surface area contributed by atoms with Gasteiger partial charge in [0.1, 0.15) is 12.4 Å². The molecule has 0 aromatic carbocycles. The normalized spacial score (nSPS) is 14.5. The lowest BCUT2D eigenvalue weighted by molar-refractivity contribution is -0.137. The number of aryl methyl sites for hydroxylation is 1. The Morgan fingerprint density at radius 1 is 1.41 bits per heavy atom. The van der Waals surface area contributed by atoms with Gasteiger partial charge in [0.25, 0.3) is 0 Å². The third-order valence-electron chi connectivity index (χ3n) is 2.36. The molecule has 1 aromatic rings. The van der Waals surface area contributed by atoms with E-state index < -0.39 is 0 Å². The fourth-order valence-electron chi connectivity index (χ4n) is 1.44. The lowest BCUT2D eigenvalue weighted by Gasteiger charge is -2.37. The first-order valence-corrected chi connectivity index (χ1v) is 5.86. The van der Waals surface area contributed by atoms with Crippen LogP contribution in [0, 0.1) is 6.92 Å². The summed E-state index contributed by atoms with van der Waals surface area (Å²) in [5, 5.41) is 0. The second kappa shape index (κ2) is 6.18. The van der Waals surface area contributed by atoms with E-state index in [9.17, 15) is 4.79 Å². The molecule has 1 amide bonds. The lowest BCUT2D eigenvalue weighted by Crippen LogP contribution is -2.55. The van der Waals surface area contributed by atoms with Gasteiger partial charge in [0.2, 0.25) is 11.8 Å². The Balaban J connectivity index is 0.000000686. The Labute approximate surface area is 102 Å². The van der Waals surface area contributed by atoms with Gasteiger partial charge in [-0.05, 0) is 6.92 Å². The number of nitrogens with zero attached hydrogens (tertiary/aromatic N) is 3. The molecule has 0 radical (unpaired) electrons. The van der Waals surface area contributed by atoms with Crippen LogP contribution in [0.5, 0.6) is 5.88 Å². The number of carbonyl (C=O) groups excluding carboxylic acids is 1. The zero-order chi connectivity index (χ0) is 12.8. The van der Waals surface area contributed by atoms with Crippen LogP contribution in [0.3, 0.4) is 0 Å². The largest absolute Gasteiger partial charge is 0.470 e. The first-order chi connectivity index (χ1) is 8.15.